The van der Waals surface area contributed by atoms with Gasteiger partial charge in [-0.3, -0.25) is 4.79 Å². The van der Waals surface area contributed by atoms with Gasteiger partial charge in [-0.05, 0) is 31.4 Å². The van der Waals surface area contributed by atoms with Gasteiger partial charge in [-0.15, -0.1) is 0 Å². The Kier molecular flexibility index (Phi) is 3.36. The molecular weight excluding hydrogens is 212 g/mol. The molecule has 0 aliphatic carbocycles. The first kappa shape index (κ1) is 12.0. The number of carbonyl (C=O) groups excluding carboxylic acids is 1. The quantitative estimate of drug-likeness (QED) is 0.822. The average molecular weight is 232 g/mol. The van der Waals surface area contributed by atoms with E-state index < -0.39 is 0 Å². The standard InChI is InChI=1S/C14H20N2O/c1-9(2)6-11-8-15-13-5-4-10(3)7-12(13)14(17)16-11/h4-5,7,9,11,15H,6,8H2,1-3H3,(H,16,17). The number of amides is 1. The molecule has 1 aliphatic heterocycles. The van der Waals surface area contributed by atoms with E-state index in [-0.39, 0.29) is 11.9 Å². The molecule has 17 heavy (non-hydrogen) atoms. The second-order valence-electron chi connectivity index (χ2n) is 5.23. The monoisotopic (exact) mass is 232 g/mol. The summed E-state index contributed by atoms with van der Waals surface area (Å²) < 4.78 is 0. The lowest BCUT2D eigenvalue weighted by Crippen LogP contribution is -2.38. The van der Waals surface area contributed by atoms with Crippen molar-refractivity contribution in [3.05, 3.63) is 29.3 Å². The van der Waals surface area contributed by atoms with Crippen molar-refractivity contribution in [2.45, 2.75) is 33.2 Å². The minimum Gasteiger partial charge on any atom is -0.382 e. The second-order valence-corrected chi connectivity index (χ2v) is 5.23. The van der Waals surface area contributed by atoms with E-state index in [4.69, 9.17) is 0 Å². The lowest BCUT2D eigenvalue weighted by atomic mass is 10.0. The summed E-state index contributed by atoms with van der Waals surface area (Å²) in [6, 6.07) is 6.18. The maximum Gasteiger partial charge on any atom is 0.253 e. The van der Waals surface area contributed by atoms with Crippen LogP contribution in [0.15, 0.2) is 18.2 Å². The molecule has 2 rings (SSSR count). The van der Waals surface area contributed by atoms with E-state index >= 15 is 0 Å². The minimum atomic E-state index is 0.0411. The minimum absolute atomic E-state index is 0.0411. The molecule has 0 spiro atoms. The average Bonchev–Trinajstić information content (AvgIpc) is 2.39. The third-order valence-electron chi connectivity index (χ3n) is 3.05. The Labute approximate surface area is 103 Å². The zero-order valence-corrected chi connectivity index (χ0v) is 10.7. The summed E-state index contributed by atoms with van der Waals surface area (Å²) in [5, 5.41) is 6.45. The van der Waals surface area contributed by atoms with E-state index in [0.717, 1.165) is 29.8 Å². The van der Waals surface area contributed by atoms with Crippen molar-refractivity contribution in [3.8, 4) is 0 Å². The molecule has 0 aromatic heterocycles. The molecule has 1 heterocycles. The van der Waals surface area contributed by atoms with Crippen LogP contribution in [0.4, 0.5) is 5.69 Å². The predicted octanol–water partition coefficient (Wildman–Crippen LogP) is 2.57. The Hall–Kier alpha value is -1.51. The van der Waals surface area contributed by atoms with Crippen LogP contribution in [0.1, 0.15) is 36.2 Å². The van der Waals surface area contributed by atoms with Gasteiger partial charge in [0, 0.05) is 18.3 Å². The number of carbonyl (C=O) groups is 1. The fourth-order valence-corrected chi connectivity index (χ4v) is 2.26. The van der Waals surface area contributed by atoms with Gasteiger partial charge in [0.25, 0.3) is 5.91 Å². The number of nitrogens with one attached hydrogen (secondary N) is 2. The van der Waals surface area contributed by atoms with Crippen molar-refractivity contribution in [2.75, 3.05) is 11.9 Å². The summed E-state index contributed by atoms with van der Waals surface area (Å²) in [6.45, 7) is 7.16. The summed E-state index contributed by atoms with van der Waals surface area (Å²) in [4.78, 5) is 12.1. The van der Waals surface area contributed by atoms with Crippen LogP contribution in [0.25, 0.3) is 0 Å². The Balaban J connectivity index is 2.20. The van der Waals surface area contributed by atoms with E-state index in [1.54, 1.807) is 0 Å². The van der Waals surface area contributed by atoms with Crippen molar-refractivity contribution in [1.82, 2.24) is 5.32 Å². The van der Waals surface area contributed by atoms with Gasteiger partial charge in [-0.1, -0.05) is 25.5 Å². The van der Waals surface area contributed by atoms with Crippen LogP contribution in [0, 0.1) is 12.8 Å². The van der Waals surface area contributed by atoms with Crippen molar-refractivity contribution in [2.24, 2.45) is 5.92 Å². The topological polar surface area (TPSA) is 41.1 Å². The summed E-state index contributed by atoms with van der Waals surface area (Å²) in [6.07, 6.45) is 1.01. The summed E-state index contributed by atoms with van der Waals surface area (Å²) in [5.41, 5.74) is 2.82. The van der Waals surface area contributed by atoms with Gasteiger partial charge in [-0.25, -0.2) is 0 Å². The van der Waals surface area contributed by atoms with Gasteiger partial charge in [0.15, 0.2) is 0 Å². The molecule has 1 amide bonds. The van der Waals surface area contributed by atoms with Crippen LogP contribution < -0.4 is 10.6 Å². The number of rotatable bonds is 2. The third-order valence-corrected chi connectivity index (χ3v) is 3.05. The predicted molar refractivity (Wildman–Crippen MR) is 70.4 cm³/mol. The van der Waals surface area contributed by atoms with Crippen LogP contribution in [0.5, 0.6) is 0 Å². The first-order valence-electron chi connectivity index (χ1n) is 6.21. The number of anilines is 1. The number of hydrogen-bond acceptors (Lipinski definition) is 2. The van der Waals surface area contributed by atoms with Gasteiger partial charge in [0.1, 0.15) is 0 Å². The largest absolute Gasteiger partial charge is 0.382 e. The Morgan fingerprint density at radius 2 is 2.18 bits per heavy atom. The van der Waals surface area contributed by atoms with Crippen LogP contribution >= 0.6 is 0 Å². The molecule has 0 fully saturated rings. The molecule has 0 radical (unpaired) electrons. The van der Waals surface area contributed by atoms with Gasteiger partial charge in [-0.2, -0.15) is 0 Å². The molecule has 3 nitrogen and oxygen atoms in total. The highest BCUT2D eigenvalue weighted by Gasteiger charge is 2.21. The fourth-order valence-electron chi connectivity index (χ4n) is 2.26. The lowest BCUT2D eigenvalue weighted by molar-refractivity contribution is 0.0938. The molecule has 1 aromatic carbocycles. The maximum atomic E-state index is 12.1. The van der Waals surface area contributed by atoms with Gasteiger partial charge in [0.05, 0.1) is 5.56 Å². The SMILES string of the molecule is Cc1ccc2c(c1)C(=O)NC(CC(C)C)CN2. The molecule has 1 unspecified atom stereocenters. The summed E-state index contributed by atoms with van der Waals surface area (Å²) in [7, 11) is 0. The van der Waals surface area contributed by atoms with Crippen LogP contribution in [0.2, 0.25) is 0 Å². The lowest BCUT2D eigenvalue weighted by Gasteiger charge is -2.17. The number of aryl methyl sites for hydroxylation is 1. The summed E-state index contributed by atoms with van der Waals surface area (Å²) >= 11 is 0. The molecule has 92 valence electrons. The Bertz CT molecular complexity index is 426. The van der Waals surface area contributed by atoms with Crippen molar-refractivity contribution in [1.29, 1.82) is 0 Å². The highest BCUT2D eigenvalue weighted by Crippen LogP contribution is 2.20. The molecule has 1 aliphatic rings. The van der Waals surface area contributed by atoms with Gasteiger partial charge < -0.3 is 10.6 Å². The molecule has 1 atom stereocenters. The molecule has 0 bridgehead atoms. The fraction of sp³-hybridized carbons (Fsp3) is 0.500. The normalized spacial score (nSPS) is 19.3. The van der Waals surface area contributed by atoms with E-state index in [1.165, 1.54) is 0 Å². The molecule has 0 saturated heterocycles. The first-order valence-corrected chi connectivity index (χ1v) is 6.21. The van der Waals surface area contributed by atoms with Gasteiger partial charge >= 0.3 is 0 Å². The summed E-state index contributed by atoms with van der Waals surface area (Å²) in [5.74, 6) is 0.629. The van der Waals surface area contributed by atoms with E-state index in [9.17, 15) is 4.79 Å². The molecule has 2 N–H and O–H groups in total. The van der Waals surface area contributed by atoms with E-state index in [2.05, 4.69) is 24.5 Å². The molecule has 1 aromatic rings. The molecular formula is C14H20N2O. The third kappa shape index (κ3) is 2.78. The Morgan fingerprint density at radius 1 is 1.41 bits per heavy atom. The Morgan fingerprint density at radius 3 is 2.88 bits per heavy atom. The number of fused-ring (bicyclic) bond motifs is 1. The zero-order chi connectivity index (χ0) is 12.4. The van der Waals surface area contributed by atoms with Crippen LogP contribution in [0.3, 0.4) is 0 Å². The van der Waals surface area contributed by atoms with E-state index in [0.29, 0.717) is 5.92 Å². The second kappa shape index (κ2) is 4.78. The van der Waals surface area contributed by atoms with Crippen LogP contribution in [-0.2, 0) is 0 Å². The van der Waals surface area contributed by atoms with Crippen molar-refractivity contribution < 1.29 is 4.79 Å². The zero-order valence-electron chi connectivity index (χ0n) is 10.7. The highest BCUT2D eigenvalue weighted by atomic mass is 16.1. The van der Waals surface area contributed by atoms with Gasteiger partial charge in [0.2, 0.25) is 0 Å². The molecule has 0 saturated carbocycles. The first-order chi connectivity index (χ1) is 8.06. The smallest absolute Gasteiger partial charge is 0.253 e. The number of benzene rings is 1. The van der Waals surface area contributed by atoms with E-state index in [1.807, 2.05) is 25.1 Å². The van der Waals surface area contributed by atoms with Crippen molar-refractivity contribution in [3.63, 3.8) is 0 Å². The maximum absolute atomic E-state index is 12.1. The van der Waals surface area contributed by atoms with Crippen LogP contribution in [-0.4, -0.2) is 18.5 Å². The highest BCUT2D eigenvalue weighted by molar-refractivity contribution is 6.00. The molecule has 3 heteroatoms. The number of hydrogen-bond donors (Lipinski definition) is 2. The van der Waals surface area contributed by atoms with Crippen molar-refractivity contribution >= 4 is 11.6 Å².